The van der Waals surface area contributed by atoms with E-state index in [2.05, 4.69) is 20.9 Å². The number of aromatic amines is 1. The van der Waals surface area contributed by atoms with Gasteiger partial charge in [-0.3, -0.25) is 19.7 Å². The highest BCUT2D eigenvalue weighted by atomic mass is 79.9. The fourth-order valence-electron chi connectivity index (χ4n) is 1.60. The molecule has 0 spiro atoms. The lowest BCUT2D eigenvalue weighted by Crippen LogP contribution is -2.04. The molecular weight excluding hydrogens is 327 g/mol. The number of nitrogens with one attached hydrogen (secondary N) is 1. The minimum Gasteiger partial charge on any atom is -0.504 e. The number of hydrogen-bond donors (Lipinski definition) is 2. The summed E-state index contributed by atoms with van der Waals surface area (Å²) in [5.74, 6) is -1.97. The van der Waals surface area contributed by atoms with Gasteiger partial charge in [0.2, 0.25) is 5.43 Å². The van der Waals surface area contributed by atoms with Gasteiger partial charge in [-0.1, -0.05) is 0 Å². The lowest BCUT2D eigenvalue weighted by atomic mass is 10.2. The molecule has 0 amide bonds. The van der Waals surface area contributed by atoms with E-state index in [0.717, 1.165) is 6.07 Å². The molecule has 0 radical (unpaired) electrons. The Balaban J connectivity index is 3.27. The molecule has 0 aliphatic rings. The van der Waals surface area contributed by atoms with Gasteiger partial charge in [0.1, 0.15) is 15.7 Å². The molecule has 9 heteroatoms. The fraction of sp³-hybridized carbons (Fsp3) is 0. The molecule has 0 atom stereocenters. The maximum Gasteiger partial charge on any atom is 0.299 e. The molecule has 0 saturated heterocycles. The molecular formula is C10H4BrFN2O5. The first kappa shape index (κ1) is 13.1. The topological polar surface area (TPSA) is 113 Å². The number of halogens is 2. The Labute approximate surface area is 111 Å². The van der Waals surface area contributed by atoms with Crippen molar-refractivity contribution in [2.75, 3.05) is 0 Å². The first-order chi connectivity index (χ1) is 8.82. The number of benzene rings is 1. The molecule has 7 nitrogen and oxygen atoms in total. The van der Waals surface area contributed by atoms with Gasteiger partial charge < -0.3 is 10.1 Å². The molecule has 1 aromatic heterocycles. The second-order valence-corrected chi connectivity index (χ2v) is 4.34. The van der Waals surface area contributed by atoms with Gasteiger partial charge in [-0.15, -0.1) is 0 Å². The molecule has 2 rings (SSSR count). The number of hydrogen-bond acceptors (Lipinski definition) is 5. The van der Waals surface area contributed by atoms with Gasteiger partial charge in [0.15, 0.2) is 5.75 Å². The van der Waals surface area contributed by atoms with Crippen LogP contribution in [0.1, 0.15) is 0 Å². The van der Waals surface area contributed by atoms with E-state index in [1.165, 1.54) is 0 Å². The van der Waals surface area contributed by atoms with E-state index in [-0.39, 0.29) is 5.52 Å². The van der Waals surface area contributed by atoms with Crippen LogP contribution in [0.15, 0.2) is 26.2 Å². The van der Waals surface area contributed by atoms with Crippen molar-refractivity contribution < 1.29 is 14.4 Å². The largest absolute Gasteiger partial charge is 0.504 e. The molecule has 19 heavy (non-hydrogen) atoms. The highest BCUT2D eigenvalue weighted by Gasteiger charge is 2.24. The zero-order valence-corrected chi connectivity index (χ0v) is 10.5. The van der Waals surface area contributed by atoms with Gasteiger partial charge in [-0.25, -0.2) is 4.39 Å². The number of H-pyrrole nitrogens is 1. The lowest BCUT2D eigenvalue weighted by molar-refractivity contribution is -0.384. The third-order valence-corrected chi connectivity index (χ3v) is 3.12. The Morgan fingerprint density at radius 3 is 2.58 bits per heavy atom. The smallest absolute Gasteiger partial charge is 0.299 e. The third kappa shape index (κ3) is 2.08. The minimum atomic E-state index is -1.14. The van der Waals surface area contributed by atoms with Crippen molar-refractivity contribution in [3.63, 3.8) is 0 Å². The second kappa shape index (κ2) is 4.43. The van der Waals surface area contributed by atoms with Crippen molar-refractivity contribution in [3.05, 3.63) is 53.1 Å². The highest BCUT2D eigenvalue weighted by molar-refractivity contribution is 9.10. The lowest BCUT2D eigenvalue weighted by Gasteiger charge is -2.00. The predicted molar refractivity (Wildman–Crippen MR) is 66.8 cm³/mol. The SMILES string of the molecule is O=c1cc(O)c(=O)c2c([N+](=O)[O-])c(Br)c(F)cc2[nH]1. The van der Waals surface area contributed by atoms with Crippen molar-refractivity contribution in [3.8, 4) is 5.75 Å². The zero-order valence-electron chi connectivity index (χ0n) is 8.94. The van der Waals surface area contributed by atoms with Crippen LogP contribution in [0.5, 0.6) is 5.75 Å². The Kier molecular flexibility index (Phi) is 3.06. The Bertz CT molecular complexity index is 833. The summed E-state index contributed by atoms with van der Waals surface area (Å²) in [5.41, 5.74) is -3.26. The van der Waals surface area contributed by atoms with E-state index in [4.69, 9.17) is 0 Å². The molecule has 0 aliphatic heterocycles. The van der Waals surface area contributed by atoms with Gasteiger partial charge in [-0.05, 0) is 22.0 Å². The first-order valence-electron chi connectivity index (χ1n) is 4.75. The number of aromatic nitrogens is 1. The van der Waals surface area contributed by atoms with Crippen molar-refractivity contribution in [1.29, 1.82) is 0 Å². The maximum atomic E-state index is 13.5. The fourth-order valence-corrected chi connectivity index (χ4v) is 2.06. The number of aromatic hydroxyl groups is 1. The molecule has 0 saturated carbocycles. The monoisotopic (exact) mass is 330 g/mol. The van der Waals surface area contributed by atoms with Crippen LogP contribution in [0.4, 0.5) is 10.1 Å². The summed E-state index contributed by atoms with van der Waals surface area (Å²) < 4.78 is 13.0. The Morgan fingerprint density at radius 2 is 2.00 bits per heavy atom. The van der Waals surface area contributed by atoms with Gasteiger partial charge >= 0.3 is 0 Å². The highest BCUT2D eigenvalue weighted by Crippen LogP contribution is 2.33. The van der Waals surface area contributed by atoms with Gasteiger partial charge in [-0.2, -0.15) is 0 Å². The van der Waals surface area contributed by atoms with E-state index in [1.807, 2.05) is 0 Å². The van der Waals surface area contributed by atoms with E-state index >= 15 is 0 Å². The second-order valence-electron chi connectivity index (χ2n) is 3.55. The Hall–Kier alpha value is -2.29. The molecule has 1 heterocycles. The summed E-state index contributed by atoms with van der Waals surface area (Å²) in [6.07, 6.45) is 0. The van der Waals surface area contributed by atoms with Crippen LogP contribution in [-0.2, 0) is 0 Å². The van der Waals surface area contributed by atoms with Gasteiger partial charge in [0.25, 0.3) is 11.2 Å². The van der Waals surface area contributed by atoms with Gasteiger partial charge in [0, 0.05) is 6.07 Å². The first-order valence-corrected chi connectivity index (χ1v) is 5.55. The zero-order chi connectivity index (χ0) is 14.3. The molecule has 0 unspecified atom stereocenters. The molecule has 0 aliphatic carbocycles. The molecule has 0 fully saturated rings. The van der Waals surface area contributed by atoms with Crippen LogP contribution in [-0.4, -0.2) is 15.0 Å². The summed E-state index contributed by atoms with van der Waals surface area (Å²) in [7, 11) is 0. The van der Waals surface area contributed by atoms with Crippen molar-refractivity contribution in [2.45, 2.75) is 0 Å². The number of rotatable bonds is 1. The molecule has 2 aromatic rings. The van der Waals surface area contributed by atoms with Crippen molar-refractivity contribution in [1.82, 2.24) is 4.98 Å². The predicted octanol–water partition coefficient (Wildman–Crippen LogP) is 1.40. The third-order valence-electron chi connectivity index (χ3n) is 2.36. The number of nitro groups is 1. The number of fused-ring (bicyclic) bond motifs is 1. The number of nitro benzene ring substituents is 1. The van der Waals surface area contributed by atoms with Crippen LogP contribution in [0, 0.1) is 15.9 Å². The number of nitrogens with zero attached hydrogens (tertiary/aromatic N) is 1. The van der Waals surface area contributed by atoms with Crippen LogP contribution in [0.25, 0.3) is 10.9 Å². The van der Waals surface area contributed by atoms with Crippen molar-refractivity contribution >= 4 is 32.5 Å². The standard InChI is InChI=1S/C10H4BrFN2O5/c11-8-3(12)1-4-7(9(8)14(18)19)10(17)5(15)2-6(16)13-4/h1-2H,(H,13,16)(H,15,17). The van der Waals surface area contributed by atoms with E-state index < -0.39 is 43.0 Å². The quantitative estimate of drug-likeness (QED) is 0.606. The summed E-state index contributed by atoms with van der Waals surface area (Å²) in [6.45, 7) is 0. The van der Waals surface area contributed by atoms with Gasteiger partial charge in [0.05, 0.1) is 10.4 Å². The van der Waals surface area contributed by atoms with Crippen LogP contribution in [0.3, 0.4) is 0 Å². The average Bonchev–Trinajstić information content (AvgIpc) is 2.39. The van der Waals surface area contributed by atoms with Crippen LogP contribution >= 0.6 is 15.9 Å². The molecule has 98 valence electrons. The summed E-state index contributed by atoms with van der Waals surface area (Å²) in [4.78, 5) is 35.1. The maximum absolute atomic E-state index is 13.5. The van der Waals surface area contributed by atoms with E-state index in [9.17, 15) is 29.2 Å². The minimum absolute atomic E-state index is 0.372. The average molecular weight is 331 g/mol. The molecule has 0 bridgehead atoms. The van der Waals surface area contributed by atoms with Crippen molar-refractivity contribution in [2.24, 2.45) is 0 Å². The normalized spacial score (nSPS) is 10.6. The molecule has 2 N–H and O–H groups in total. The summed E-state index contributed by atoms with van der Waals surface area (Å²) in [5, 5.41) is 19.7. The van der Waals surface area contributed by atoms with Crippen LogP contribution in [0.2, 0.25) is 0 Å². The molecule has 1 aromatic carbocycles. The van der Waals surface area contributed by atoms with E-state index in [0.29, 0.717) is 6.07 Å². The summed E-state index contributed by atoms with van der Waals surface area (Å²) >= 11 is 2.67. The van der Waals surface area contributed by atoms with Crippen LogP contribution < -0.4 is 11.0 Å². The summed E-state index contributed by atoms with van der Waals surface area (Å²) in [6, 6.07) is 1.33. The Morgan fingerprint density at radius 1 is 1.37 bits per heavy atom. The van der Waals surface area contributed by atoms with E-state index in [1.54, 1.807) is 0 Å².